The molecule has 1 amide bonds. The summed E-state index contributed by atoms with van der Waals surface area (Å²) in [5, 5.41) is 6.70. The van der Waals surface area contributed by atoms with Crippen LogP contribution in [0, 0.1) is 0 Å². The summed E-state index contributed by atoms with van der Waals surface area (Å²) < 4.78 is 29.6. The first-order chi connectivity index (χ1) is 12.4. The van der Waals surface area contributed by atoms with Crippen molar-refractivity contribution in [1.29, 1.82) is 0 Å². The molecule has 0 bridgehead atoms. The SMILES string of the molecule is O=C(N[C@@H]1CCS(=O)(=O)C1)c1ccc(=O)n(CCOc2ccccc2)n1. The van der Waals surface area contributed by atoms with E-state index >= 15 is 0 Å². The summed E-state index contributed by atoms with van der Waals surface area (Å²) in [6.45, 7) is 0.412. The van der Waals surface area contributed by atoms with Gasteiger partial charge in [0.2, 0.25) is 0 Å². The van der Waals surface area contributed by atoms with Gasteiger partial charge in [0.15, 0.2) is 9.84 Å². The minimum Gasteiger partial charge on any atom is -0.492 e. The first-order valence-corrected chi connectivity index (χ1v) is 10.0. The minimum atomic E-state index is -3.08. The third-order valence-corrected chi connectivity index (χ3v) is 5.75. The molecule has 1 N–H and O–H groups in total. The number of hydrogen-bond donors (Lipinski definition) is 1. The number of aromatic nitrogens is 2. The molecular formula is C17H19N3O5S. The van der Waals surface area contributed by atoms with E-state index in [1.807, 2.05) is 18.2 Å². The van der Waals surface area contributed by atoms with Crippen LogP contribution in [0.1, 0.15) is 16.9 Å². The van der Waals surface area contributed by atoms with Crippen LogP contribution in [0.2, 0.25) is 0 Å². The van der Waals surface area contributed by atoms with Crippen molar-refractivity contribution in [3.63, 3.8) is 0 Å². The third-order valence-electron chi connectivity index (χ3n) is 3.98. The monoisotopic (exact) mass is 377 g/mol. The van der Waals surface area contributed by atoms with Crippen LogP contribution in [-0.4, -0.2) is 48.3 Å². The highest BCUT2D eigenvalue weighted by atomic mass is 32.2. The fraction of sp³-hybridized carbons (Fsp3) is 0.353. The number of benzene rings is 1. The standard InChI is InChI=1S/C17H19N3O5S/c21-16-7-6-15(17(22)18-13-8-11-26(23,24)12-13)19-20(16)9-10-25-14-4-2-1-3-5-14/h1-7,13H,8-12H2,(H,18,22)/t13-/m1/s1. The molecule has 1 aromatic carbocycles. The lowest BCUT2D eigenvalue weighted by atomic mass is 10.2. The van der Waals surface area contributed by atoms with Gasteiger partial charge in [-0.15, -0.1) is 0 Å². The molecule has 0 unspecified atom stereocenters. The van der Waals surface area contributed by atoms with Crippen LogP contribution in [-0.2, 0) is 16.4 Å². The quantitative estimate of drug-likeness (QED) is 0.773. The first kappa shape index (κ1) is 18.1. The van der Waals surface area contributed by atoms with E-state index in [0.29, 0.717) is 12.2 Å². The Hall–Kier alpha value is -2.68. The Labute approximate surface area is 150 Å². The van der Waals surface area contributed by atoms with Crippen molar-refractivity contribution in [1.82, 2.24) is 15.1 Å². The number of para-hydroxylation sites is 1. The van der Waals surface area contributed by atoms with Gasteiger partial charge < -0.3 is 10.1 Å². The molecule has 2 aromatic rings. The molecule has 1 fully saturated rings. The van der Waals surface area contributed by atoms with Crippen molar-refractivity contribution < 1.29 is 17.9 Å². The molecule has 138 valence electrons. The number of carbonyl (C=O) groups excluding carboxylic acids is 1. The molecule has 0 radical (unpaired) electrons. The van der Waals surface area contributed by atoms with E-state index in [-0.39, 0.29) is 35.9 Å². The van der Waals surface area contributed by atoms with Crippen LogP contribution in [0.3, 0.4) is 0 Å². The topological polar surface area (TPSA) is 107 Å². The Morgan fingerprint density at radius 3 is 2.69 bits per heavy atom. The van der Waals surface area contributed by atoms with Crippen molar-refractivity contribution in [3.05, 3.63) is 58.5 Å². The van der Waals surface area contributed by atoms with Gasteiger partial charge in [-0.25, -0.2) is 13.1 Å². The summed E-state index contributed by atoms with van der Waals surface area (Å²) >= 11 is 0. The maximum atomic E-state index is 12.3. The molecule has 0 spiro atoms. The third kappa shape index (κ3) is 4.69. The van der Waals surface area contributed by atoms with Crippen LogP contribution in [0.5, 0.6) is 5.75 Å². The van der Waals surface area contributed by atoms with E-state index in [1.165, 1.54) is 12.1 Å². The van der Waals surface area contributed by atoms with Gasteiger partial charge in [0.25, 0.3) is 11.5 Å². The summed E-state index contributed by atoms with van der Waals surface area (Å²) in [7, 11) is -3.08. The number of rotatable bonds is 6. The van der Waals surface area contributed by atoms with E-state index in [2.05, 4.69) is 10.4 Å². The predicted molar refractivity (Wildman–Crippen MR) is 95.0 cm³/mol. The number of carbonyl (C=O) groups is 1. The molecule has 1 saturated heterocycles. The maximum Gasteiger partial charge on any atom is 0.271 e. The van der Waals surface area contributed by atoms with Crippen molar-refractivity contribution in [2.24, 2.45) is 0 Å². The van der Waals surface area contributed by atoms with Gasteiger partial charge in [-0.1, -0.05) is 18.2 Å². The van der Waals surface area contributed by atoms with Crippen LogP contribution in [0.15, 0.2) is 47.3 Å². The van der Waals surface area contributed by atoms with E-state index in [4.69, 9.17) is 4.74 Å². The molecule has 1 aliphatic heterocycles. The van der Waals surface area contributed by atoms with Crippen molar-refractivity contribution >= 4 is 15.7 Å². The molecule has 0 aliphatic carbocycles. The van der Waals surface area contributed by atoms with Gasteiger partial charge in [0, 0.05) is 12.1 Å². The normalized spacial score (nSPS) is 18.4. The number of nitrogens with one attached hydrogen (secondary N) is 1. The zero-order valence-electron chi connectivity index (χ0n) is 14.0. The lowest BCUT2D eigenvalue weighted by Gasteiger charge is -2.12. The number of ether oxygens (including phenoxy) is 1. The summed E-state index contributed by atoms with van der Waals surface area (Å²) in [5.74, 6) is 0.187. The molecule has 0 saturated carbocycles. The highest BCUT2D eigenvalue weighted by Gasteiger charge is 2.29. The van der Waals surface area contributed by atoms with E-state index < -0.39 is 21.8 Å². The second-order valence-electron chi connectivity index (χ2n) is 6.01. The van der Waals surface area contributed by atoms with E-state index in [0.717, 1.165) is 4.68 Å². The second-order valence-corrected chi connectivity index (χ2v) is 8.24. The minimum absolute atomic E-state index is 0.0635. The van der Waals surface area contributed by atoms with Crippen molar-refractivity contribution in [2.45, 2.75) is 19.0 Å². The zero-order chi connectivity index (χ0) is 18.6. The van der Waals surface area contributed by atoms with Crippen LogP contribution >= 0.6 is 0 Å². The van der Waals surface area contributed by atoms with Gasteiger partial charge in [0.05, 0.1) is 18.1 Å². The highest BCUT2D eigenvalue weighted by molar-refractivity contribution is 7.91. The molecule has 3 rings (SSSR count). The Kier molecular flexibility index (Phi) is 5.36. The summed E-state index contributed by atoms with van der Waals surface area (Å²) in [5.41, 5.74) is -0.282. The molecular weight excluding hydrogens is 358 g/mol. The number of amides is 1. The van der Waals surface area contributed by atoms with Gasteiger partial charge >= 0.3 is 0 Å². The summed E-state index contributed by atoms with van der Waals surface area (Å²) in [4.78, 5) is 24.2. The Balaban J connectivity index is 1.61. The van der Waals surface area contributed by atoms with Gasteiger partial charge in [-0.05, 0) is 24.6 Å². The van der Waals surface area contributed by atoms with Crippen molar-refractivity contribution in [3.8, 4) is 5.75 Å². The molecule has 1 aliphatic rings. The van der Waals surface area contributed by atoms with Crippen molar-refractivity contribution in [2.75, 3.05) is 18.1 Å². The van der Waals surface area contributed by atoms with Gasteiger partial charge in [-0.2, -0.15) is 5.10 Å². The summed E-state index contributed by atoms with van der Waals surface area (Å²) in [6, 6.07) is 11.3. The molecule has 8 nitrogen and oxygen atoms in total. The average Bonchev–Trinajstić information content (AvgIpc) is 2.96. The predicted octanol–water partition coefficient (Wildman–Crippen LogP) is 0.239. The summed E-state index contributed by atoms with van der Waals surface area (Å²) in [6.07, 6.45) is 0.388. The van der Waals surface area contributed by atoms with Gasteiger partial charge in [-0.3, -0.25) is 9.59 Å². The smallest absolute Gasteiger partial charge is 0.271 e. The first-order valence-electron chi connectivity index (χ1n) is 8.20. The highest BCUT2D eigenvalue weighted by Crippen LogP contribution is 2.11. The van der Waals surface area contributed by atoms with Gasteiger partial charge in [0.1, 0.15) is 18.1 Å². The molecule has 26 heavy (non-hydrogen) atoms. The van der Waals surface area contributed by atoms with E-state index in [1.54, 1.807) is 12.1 Å². The maximum absolute atomic E-state index is 12.3. The number of nitrogens with zero attached hydrogens (tertiary/aromatic N) is 2. The zero-order valence-corrected chi connectivity index (χ0v) is 14.8. The molecule has 9 heteroatoms. The number of hydrogen-bond acceptors (Lipinski definition) is 6. The second kappa shape index (κ2) is 7.69. The largest absolute Gasteiger partial charge is 0.492 e. The Morgan fingerprint density at radius 1 is 1.23 bits per heavy atom. The fourth-order valence-corrected chi connectivity index (χ4v) is 4.34. The van der Waals surface area contributed by atoms with E-state index in [9.17, 15) is 18.0 Å². The van der Waals surface area contributed by atoms with Crippen LogP contribution in [0.25, 0.3) is 0 Å². The number of sulfone groups is 1. The van der Waals surface area contributed by atoms with Crippen LogP contribution < -0.4 is 15.6 Å². The average molecular weight is 377 g/mol. The van der Waals surface area contributed by atoms with Crippen LogP contribution in [0.4, 0.5) is 0 Å². The fourth-order valence-electron chi connectivity index (χ4n) is 2.67. The molecule has 1 aromatic heterocycles. The molecule has 2 heterocycles. The molecule has 1 atom stereocenters. The Morgan fingerprint density at radius 2 is 2.00 bits per heavy atom. The lowest BCUT2D eigenvalue weighted by Crippen LogP contribution is -2.37. The lowest BCUT2D eigenvalue weighted by molar-refractivity contribution is 0.0933. The Bertz CT molecular complexity index is 940.